The minimum atomic E-state index is -0.508. The molecule has 0 aliphatic carbocycles. The molecule has 2 aromatic heterocycles. The summed E-state index contributed by atoms with van der Waals surface area (Å²) < 4.78 is 1.55. The Kier molecular flexibility index (Phi) is 5.13. The second kappa shape index (κ2) is 7.06. The van der Waals surface area contributed by atoms with Crippen LogP contribution in [0, 0.1) is 18.3 Å². The number of aryl methyl sites for hydroxylation is 1. The Morgan fingerprint density at radius 2 is 2.32 bits per heavy atom. The third-order valence-electron chi connectivity index (χ3n) is 2.59. The van der Waals surface area contributed by atoms with E-state index in [0.29, 0.717) is 21.5 Å². The number of carbonyl (C=O) groups excluding carboxylic acids is 2. The van der Waals surface area contributed by atoms with Gasteiger partial charge in [-0.15, -0.1) is 21.5 Å². The zero-order chi connectivity index (χ0) is 16.1. The first-order valence-corrected chi connectivity index (χ1v) is 7.96. The molecule has 2 rings (SSSR count). The Morgan fingerprint density at radius 1 is 1.55 bits per heavy atom. The van der Waals surface area contributed by atoms with E-state index in [1.54, 1.807) is 22.9 Å². The van der Waals surface area contributed by atoms with Crippen LogP contribution in [0.2, 0.25) is 0 Å². The van der Waals surface area contributed by atoms with Crippen LogP contribution in [0.5, 0.6) is 0 Å². The predicted octanol–water partition coefficient (Wildman–Crippen LogP) is 0.736. The molecule has 0 bridgehead atoms. The summed E-state index contributed by atoms with van der Waals surface area (Å²) in [6, 6.07) is 3.64. The molecule has 0 fully saturated rings. The van der Waals surface area contributed by atoms with Crippen LogP contribution in [0.25, 0.3) is 0 Å². The highest BCUT2D eigenvalue weighted by Gasteiger charge is 2.14. The molecule has 0 atom stereocenters. The largest absolute Gasteiger partial charge is 0.368 e. The lowest BCUT2D eigenvalue weighted by Crippen LogP contribution is -2.20. The van der Waals surface area contributed by atoms with Crippen molar-refractivity contribution in [1.29, 1.82) is 5.26 Å². The lowest BCUT2D eigenvalue weighted by molar-refractivity contribution is -0.118. The number of rotatable bonds is 6. The van der Waals surface area contributed by atoms with Gasteiger partial charge in [0.2, 0.25) is 11.8 Å². The van der Waals surface area contributed by atoms with E-state index in [4.69, 9.17) is 11.0 Å². The van der Waals surface area contributed by atoms with Crippen LogP contribution in [-0.2, 0) is 16.1 Å². The maximum absolute atomic E-state index is 11.9. The molecule has 2 aromatic rings. The third kappa shape index (κ3) is 3.84. The van der Waals surface area contributed by atoms with Gasteiger partial charge in [-0.2, -0.15) is 5.26 Å². The van der Waals surface area contributed by atoms with E-state index in [1.165, 1.54) is 11.3 Å². The normalized spacial score (nSPS) is 10.2. The van der Waals surface area contributed by atoms with Gasteiger partial charge in [-0.1, -0.05) is 11.8 Å². The van der Waals surface area contributed by atoms with Crippen molar-refractivity contribution in [2.45, 2.75) is 18.6 Å². The molecular formula is C12H12N6O2S2. The molecule has 10 heteroatoms. The van der Waals surface area contributed by atoms with Crippen LogP contribution in [0.1, 0.15) is 11.4 Å². The Hall–Kier alpha value is -2.38. The molecule has 0 spiro atoms. The molecule has 0 unspecified atom stereocenters. The number of nitriles is 1. The molecule has 0 saturated carbocycles. The fourth-order valence-electron chi connectivity index (χ4n) is 1.59. The van der Waals surface area contributed by atoms with E-state index in [2.05, 4.69) is 15.5 Å². The molecule has 8 nitrogen and oxygen atoms in total. The molecule has 0 saturated heterocycles. The predicted molar refractivity (Wildman–Crippen MR) is 82.3 cm³/mol. The van der Waals surface area contributed by atoms with E-state index < -0.39 is 5.91 Å². The number of carbonyl (C=O) groups is 2. The molecule has 3 N–H and O–H groups in total. The minimum Gasteiger partial charge on any atom is -0.368 e. The molecule has 114 valence electrons. The van der Waals surface area contributed by atoms with Crippen molar-refractivity contribution >= 4 is 39.9 Å². The minimum absolute atomic E-state index is 0.0354. The second-order valence-corrected chi connectivity index (χ2v) is 6.05. The Bertz CT molecular complexity index is 745. The van der Waals surface area contributed by atoms with Crippen molar-refractivity contribution in [3.05, 3.63) is 22.8 Å². The number of thiophene rings is 1. The van der Waals surface area contributed by atoms with Gasteiger partial charge in [0.15, 0.2) is 5.16 Å². The highest BCUT2D eigenvalue weighted by atomic mass is 32.2. The Labute approximate surface area is 134 Å². The molecule has 0 aliphatic rings. The van der Waals surface area contributed by atoms with Gasteiger partial charge in [0.1, 0.15) is 23.4 Å². The van der Waals surface area contributed by atoms with E-state index in [-0.39, 0.29) is 18.2 Å². The summed E-state index contributed by atoms with van der Waals surface area (Å²) in [5.74, 6) is -0.145. The quantitative estimate of drug-likeness (QED) is 0.749. The van der Waals surface area contributed by atoms with E-state index >= 15 is 0 Å². The van der Waals surface area contributed by atoms with Gasteiger partial charge in [0.05, 0.1) is 11.3 Å². The first-order chi connectivity index (χ1) is 10.5. The van der Waals surface area contributed by atoms with Crippen molar-refractivity contribution in [2.24, 2.45) is 5.73 Å². The van der Waals surface area contributed by atoms with E-state index in [9.17, 15) is 9.59 Å². The van der Waals surface area contributed by atoms with Gasteiger partial charge in [0, 0.05) is 0 Å². The number of nitrogens with one attached hydrogen (secondary N) is 1. The topological polar surface area (TPSA) is 127 Å². The van der Waals surface area contributed by atoms with Crippen molar-refractivity contribution in [3.8, 4) is 6.07 Å². The molecule has 0 aromatic carbocycles. The van der Waals surface area contributed by atoms with Crippen LogP contribution < -0.4 is 11.1 Å². The second-order valence-electron chi connectivity index (χ2n) is 4.19. The highest BCUT2D eigenvalue weighted by molar-refractivity contribution is 7.99. The van der Waals surface area contributed by atoms with E-state index in [1.807, 2.05) is 6.07 Å². The van der Waals surface area contributed by atoms with Gasteiger partial charge >= 0.3 is 0 Å². The average molecular weight is 336 g/mol. The average Bonchev–Trinajstić information content (AvgIpc) is 3.04. The fraction of sp³-hybridized carbons (Fsp3) is 0.250. The maximum atomic E-state index is 11.9. The van der Waals surface area contributed by atoms with Crippen LogP contribution in [-0.4, -0.2) is 32.3 Å². The van der Waals surface area contributed by atoms with E-state index in [0.717, 1.165) is 11.8 Å². The van der Waals surface area contributed by atoms with Gasteiger partial charge in [0.25, 0.3) is 0 Å². The first-order valence-electron chi connectivity index (χ1n) is 6.09. The van der Waals surface area contributed by atoms with Crippen LogP contribution >= 0.6 is 23.1 Å². The monoisotopic (exact) mass is 336 g/mol. The van der Waals surface area contributed by atoms with Gasteiger partial charge in [-0.05, 0) is 18.4 Å². The zero-order valence-electron chi connectivity index (χ0n) is 11.6. The molecular weight excluding hydrogens is 324 g/mol. The number of primary amides is 1. The van der Waals surface area contributed by atoms with Crippen molar-refractivity contribution in [3.63, 3.8) is 0 Å². The fourth-order valence-corrected chi connectivity index (χ4v) is 3.13. The Balaban J connectivity index is 1.97. The molecule has 0 radical (unpaired) electrons. The SMILES string of the molecule is Cc1nnc(SCC(=O)Nc2sccc2C#N)n1CC(N)=O. The number of hydrogen-bond donors (Lipinski definition) is 2. The smallest absolute Gasteiger partial charge is 0.237 e. The van der Waals surface area contributed by atoms with Gasteiger partial charge in [-0.3, -0.25) is 14.2 Å². The third-order valence-corrected chi connectivity index (χ3v) is 4.38. The summed E-state index contributed by atoms with van der Waals surface area (Å²) in [4.78, 5) is 22.9. The zero-order valence-corrected chi connectivity index (χ0v) is 13.2. The van der Waals surface area contributed by atoms with Crippen molar-refractivity contribution in [2.75, 3.05) is 11.1 Å². The van der Waals surface area contributed by atoms with Crippen LogP contribution in [0.15, 0.2) is 16.6 Å². The maximum Gasteiger partial charge on any atom is 0.237 e. The standard InChI is InChI=1S/C12H12N6O2S2/c1-7-16-17-12(18(7)5-9(14)19)22-6-10(20)15-11-8(4-13)2-3-21-11/h2-3H,5-6H2,1H3,(H2,14,19)(H,15,20). The number of thioether (sulfide) groups is 1. The summed E-state index contributed by atoms with van der Waals surface area (Å²) in [6.07, 6.45) is 0. The van der Waals surface area contributed by atoms with Crippen LogP contribution in [0.3, 0.4) is 0 Å². The first kappa shape index (κ1) is 16.0. The summed E-state index contributed by atoms with van der Waals surface area (Å²) in [6.45, 7) is 1.66. The van der Waals surface area contributed by atoms with Crippen molar-refractivity contribution < 1.29 is 9.59 Å². The lowest BCUT2D eigenvalue weighted by Gasteiger charge is -2.06. The number of nitrogens with zero attached hydrogens (tertiary/aromatic N) is 4. The molecule has 0 aliphatic heterocycles. The van der Waals surface area contributed by atoms with Crippen molar-refractivity contribution in [1.82, 2.24) is 14.8 Å². The van der Waals surface area contributed by atoms with Crippen LogP contribution in [0.4, 0.5) is 5.00 Å². The molecule has 22 heavy (non-hydrogen) atoms. The number of aromatic nitrogens is 3. The summed E-state index contributed by atoms with van der Waals surface area (Å²) in [5, 5.41) is 22.0. The molecule has 2 amide bonds. The number of nitrogens with two attached hydrogens (primary N) is 1. The highest BCUT2D eigenvalue weighted by Crippen LogP contribution is 2.23. The lowest BCUT2D eigenvalue weighted by atomic mass is 10.3. The number of anilines is 1. The summed E-state index contributed by atoms with van der Waals surface area (Å²) in [5.41, 5.74) is 5.59. The molecule has 2 heterocycles. The summed E-state index contributed by atoms with van der Waals surface area (Å²) >= 11 is 2.43. The number of amides is 2. The van der Waals surface area contributed by atoms with Gasteiger partial charge < -0.3 is 11.1 Å². The summed E-state index contributed by atoms with van der Waals surface area (Å²) in [7, 11) is 0. The Morgan fingerprint density at radius 3 is 3.00 bits per heavy atom. The number of hydrogen-bond acceptors (Lipinski definition) is 7. The van der Waals surface area contributed by atoms with Gasteiger partial charge in [-0.25, -0.2) is 0 Å².